The number of carbonyl (C=O) groups excluding carboxylic acids is 2. The van der Waals surface area contributed by atoms with E-state index in [0.29, 0.717) is 28.4 Å². The van der Waals surface area contributed by atoms with Crippen LogP contribution in [0.3, 0.4) is 0 Å². The molecule has 0 saturated heterocycles. The van der Waals surface area contributed by atoms with E-state index in [9.17, 15) is 18.0 Å². The van der Waals surface area contributed by atoms with Crippen LogP contribution in [0.25, 0.3) is 0 Å². The summed E-state index contributed by atoms with van der Waals surface area (Å²) in [6.45, 7) is 5.30. The van der Waals surface area contributed by atoms with Crippen molar-refractivity contribution in [2.75, 3.05) is 22.5 Å². The second kappa shape index (κ2) is 10.4. The molecule has 0 aliphatic rings. The van der Waals surface area contributed by atoms with Gasteiger partial charge in [-0.15, -0.1) is 0 Å². The Kier molecular flexibility index (Phi) is 7.57. The summed E-state index contributed by atoms with van der Waals surface area (Å²) in [6.07, 6.45) is 0. The Morgan fingerprint density at radius 1 is 0.853 bits per heavy atom. The fourth-order valence-electron chi connectivity index (χ4n) is 3.05. The number of amides is 2. The Hall–Kier alpha value is -3.85. The monoisotopic (exact) mass is 481 g/mol. The first-order chi connectivity index (χ1) is 16.1. The smallest absolute Gasteiger partial charge is 0.261 e. The maximum atomic E-state index is 13.0. The van der Waals surface area contributed by atoms with Crippen LogP contribution < -0.4 is 20.1 Å². The van der Waals surface area contributed by atoms with Crippen LogP contribution >= 0.6 is 0 Å². The van der Waals surface area contributed by atoms with Crippen molar-refractivity contribution in [1.82, 2.24) is 0 Å². The van der Waals surface area contributed by atoms with Crippen LogP contribution in [0.4, 0.5) is 17.1 Å². The minimum atomic E-state index is -3.93. The molecule has 9 heteroatoms. The average molecular weight is 482 g/mol. The maximum Gasteiger partial charge on any atom is 0.261 e. The van der Waals surface area contributed by atoms with Gasteiger partial charge < -0.3 is 15.4 Å². The Bertz CT molecular complexity index is 1300. The molecular formula is C25H27N3O5S. The highest BCUT2D eigenvalue weighted by molar-refractivity contribution is 7.92. The number of nitrogens with one attached hydrogen (secondary N) is 3. The summed E-state index contributed by atoms with van der Waals surface area (Å²) in [5.41, 5.74) is 2.22. The molecule has 0 atom stereocenters. The molecule has 34 heavy (non-hydrogen) atoms. The molecule has 178 valence electrons. The van der Waals surface area contributed by atoms with Gasteiger partial charge in [0.1, 0.15) is 5.75 Å². The Morgan fingerprint density at radius 3 is 2.12 bits per heavy atom. The maximum absolute atomic E-state index is 13.0. The predicted molar refractivity (Wildman–Crippen MR) is 133 cm³/mol. The van der Waals surface area contributed by atoms with E-state index < -0.39 is 15.9 Å². The fourth-order valence-corrected chi connectivity index (χ4v) is 4.13. The lowest BCUT2D eigenvalue weighted by Crippen LogP contribution is -2.18. The third-order valence-electron chi connectivity index (χ3n) is 5.02. The quantitative estimate of drug-likeness (QED) is 0.433. The third-order valence-corrected chi connectivity index (χ3v) is 6.40. The SMILES string of the molecule is COc1ccc(NS(=O)(=O)c2ccc(C)c(C(=O)Nc3cccc(NC(=O)C(C)C)c3)c2)cc1. The molecule has 3 N–H and O–H groups in total. The van der Waals surface area contributed by atoms with Gasteiger partial charge in [-0.25, -0.2) is 8.42 Å². The highest BCUT2D eigenvalue weighted by Gasteiger charge is 2.19. The number of hydrogen-bond donors (Lipinski definition) is 3. The first-order valence-electron chi connectivity index (χ1n) is 10.6. The van der Waals surface area contributed by atoms with Gasteiger partial charge in [-0.2, -0.15) is 0 Å². The molecule has 0 heterocycles. The van der Waals surface area contributed by atoms with E-state index in [1.54, 1.807) is 75.4 Å². The summed E-state index contributed by atoms with van der Waals surface area (Å²) >= 11 is 0. The summed E-state index contributed by atoms with van der Waals surface area (Å²) < 4.78 is 33.4. The molecule has 0 bridgehead atoms. The molecule has 3 rings (SSSR count). The van der Waals surface area contributed by atoms with Crippen molar-refractivity contribution in [2.24, 2.45) is 5.92 Å². The number of ether oxygens (including phenoxy) is 1. The number of hydrogen-bond acceptors (Lipinski definition) is 5. The van der Waals surface area contributed by atoms with Crippen molar-refractivity contribution < 1.29 is 22.7 Å². The van der Waals surface area contributed by atoms with Crippen molar-refractivity contribution in [3.63, 3.8) is 0 Å². The van der Waals surface area contributed by atoms with Gasteiger partial charge in [-0.1, -0.05) is 26.0 Å². The van der Waals surface area contributed by atoms with E-state index in [4.69, 9.17) is 4.74 Å². The minimum Gasteiger partial charge on any atom is -0.497 e. The van der Waals surface area contributed by atoms with Gasteiger partial charge in [0.15, 0.2) is 0 Å². The lowest BCUT2D eigenvalue weighted by Gasteiger charge is -2.13. The molecule has 0 fully saturated rings. The minimum absolute atomic E-state index is 0.0444. The Balaban J connectivity index is 1.80. The van der Waals surface area contributed by atoms with Crippen LogP contribution in [-0.4, -0.2) is 27.3 Å². The number of aryl methyl sites for hydroxylation is 1. The van der Waals surface area contributed by atoms with E-state index >= 15 is 0 Å². The number of methoxy groups -OCH3 is 1. The predicted octanol–water partition coefficient (Wildman–Crippen LogP) is 4.65. The molecule has 0 aliphatic carbocycles. The summed E-state index contributed by atoms with van der Waals surface area (Å²) in [4.78, 5) is 24.9. The highest BCUT2D eigenvalue weighted by atomic mass is 32.2. The van der Waals surface area contributed by atoms with Crippen molar-refractivity contribution in [3.05, 3.63) is 77.9 Å². The van der Waals surface area contributed by atoms with Crippen LogP contribution in [0.2, 0.25) is 0 Å². The molecule has 3 aromatic carbocycles. The molecule has 2 amide bonds. The van der Waals surface area contributed by atoms with Crippen molar-refractivity contribution in [2.45, 2.75) is 25.7 Å². The average Bonchev–Trinajstić information content (AvgIpc) is 2.79. The van der Waals surface area contributed by atoms with Crippen LogP contribution in [-0.2, 0) is 14.8 Å². The van der Waals surface area contributed by atoms with Gasteiger partial charge in [-0.3, -0.25) is 14.3 Å². The molecule has 8 nitrogen and oxygen atoms in total. The van der Waals surface area contributed by atoms with E-state index in [1.807, 2.05) is 0 Å². The van der Waals surface area contributed by atoms with Gasteiger partial charge in [0.25, 0.3) is 15.9 Å². The van der Waals surface area contributed by atoms with E-state index in [2.05, 4.69) is 15.4 Å². The van der Waals surface area contributed by atoms with Crippen molar-refractivity contribution in [1.29, 1.82) is 0 Å². The van der Waals surface area contributed by atoms with Gasteiger partial charge >= 0.3 is 0 Å². The van der Waals surface area contributed by atoms with Gasteiger partial charge in [-0.05, 0) is 67.1 Å². The summed E-state index contributed by atoms with van der Waals surface area (Å²) in [6, 6.07) is 17.6. The summed E-state index contributed by atoms with van der Waals surface area (Å²) in [5.74, 6) is -0.185. The number of anilines is 3. The van der Waals surface area contributed by atoms with E-state index in [0.717, 1.165) is 0 Å². The van der Waals surface area contributed by atoms with E-state index in [-0.39, 0.29) is 22.3 Å². The lowest BCUT2D eigenvalue weighted by molar-refractivity contribution is -0.118. The van der Waals surface area contributed by atoms with Crippen molar-refractivity contribution >= 4 is 38.9 Å². The zero-order valence-corrected chi connectivity index (χ0v) is 20.2. The molecular weight excluding hydrogens is 454 g/mol. The largest absolute Gasteiger partial charge is 0.497 e. The molecule has 3 aromatic rings. The second-order valence-corrected chi connectivity index (χ2v) is 9.67. The Morgan fingerprint density at radius 2 is 1.50 bits per heavy atom. The van der Waals surface area contributed by atoms with Crippen LogP contribution in [0.1, 0.15) is 29.8 Å². The zero-order chi connectivity index (χ0) is 24.9. The van der Waals surface area contributed by atoms with Gasteiger partial charge in [0.2, 0.25) is 5.91 Å². The lowest BCUT2D eigenvalue weighted by atomic mass is 10.1. The van der Waals surface area contributed by atoms with Crippen LogP contribution in [0.15, 0.2) is 71.6 Å². The molecule has 0 radical (unpaired) electrons. The van der Waals surface area contributed by atoms with E-state index in [1.165, 1.54) is 19.2 Å². The van der Waals surface area contributed by atoms with Crippen LogP contribution in [0, 0.1) is 12.8 Å². The fraction of sp³-hybridized carbons (Fsp3) is 0.200. The second-order valence-electron chi connectivity index (χ2n) is 7.99. The highest BCUT2D eigenvalue weighted by Crippen LogP contribution is 2.23. The number of rotatable bonds is 8. The molecule has 0 unspecified atom stereocenters. The zero-order valence-electron chi connectivity index (χ0n) is 19.4. The Labute approximate surface area is 199 Å². The first kappa shape index (κ1) is 24.8. The van der Waals surface area contributed by atoms with Gasteiger partial charge in [0, 0.05) is 28.5 Å². The molecule has 0 saturated carbocycles. The first-order valence-corrected chi connectivity index (χ1v) is 12.1. The molecule has 0 aliphatic heterocycles. The molecule has 0 aromatic heterocycles. The topological polar surface area (TPSA) is 114 Å². The summed E-state index contributed by atoms with van der Waals surface area (Å²) in [5, 5.41) is 5.54. The van der Waals surface area contributed by atoms with Crippen molar-refractivity contribution in [3.8, 4) is 5.75 Å². The number of carbonyl (C=O) groups is 2. The summed E-state index contributed by atoms with van der Waals surface area (Å²) in [7, 11) is -2.40. The standard InChI is InChI=1S/C25H27N3O5S/c1-16(2)24(29)26-19-6-5-7-20(14-19)27-25(30)23-15-22(13-8-17(23)3)34(31,32)28-18-9-11-21(33-4)12-10-18/h5-16,28H,1-4H3,(H,26,29)(H,27,30). The van der Waals surface area contributed by atoms with Gasteiger partial charge in [0.05, 0.1) is 12.0 Å². The third kappa shape index (κ3) is 6.14. The van der Waals surface area contributed by atoms with Crippen LogP contribution in [0.5, 0.6) is 5.75 Å². The number of sulfonamides is 1. The normalized spacial score (nSPS) is 11.1. The molecule has 0 spiro atoms. The number of benzene rings is 3.